The minimum atomic E-state index is -1.12. The molecule has 11 nitrogen and oxygen atoms in total. The lowest BCUT2D eigenvalue weighted by atomic mass is 9.90. The summed E-state index contributed by atoms with van der Waals surface area (Å²) in [6, 6.07) is 8.41. The summed E-state index contributed by atoms with van der Waals surface area (Å²) in [5, 5.41) is 21.7. The van der Waals surface area contributed by atoms with Gasteiger partial charge in [0.2, 0.25) is 5.91 Å². The Morgan fingerprint density at radius 1 is 1.10 bits per heavy atom. The number of hydrogen-bond donors (Lipinski definition) is 2. The number of fused-ring (bicyclic) bond motifs is 1. The molecular formula is C30H36ClN5O6. The molecule has 42 heavy (non-hydrogen) atoms. The van der Waals surface area contributed by atoms with E-state index in [2.05, 4.69) is 4.98 Å². The maximum atomic E-state index is 13.5. The summed E-state index contributed by atoms with van der Waals surface area (Å²) in [4.78, 5) is 45.9. The lowest BCUT2D eigenvalue weighted by Crippen LogP contribution is -2.51. The van der Waals surface area contributed by atoms with Gasteiger partial charge >= 0.3 is 6.09 Å². The monoisotopic (exact) mass is 597 g/mol. The van der Waals surface area contributed by atoms with Crippen molar-refractivity contribution in [2.75, 3.05) is 26.2 Å². The number of aromatic nitrogens is 3. The van der Waals surface area contributed by atoms with Gasteiger partial charge in [-0.15, -0.1) is 0 Å². The molecule has 0 unspecified atom stereocenters. The molecule has 3 aliphatic rings. The molecule has 0 bridgehead atoms. The van der Waals surface area contributed by atoms with E-state index >= 15 is 0 Å². The lowest BCUT2D eigenvalue weighted by Gasteiger charge is -2.42. The van der Waals surface area contributed by atoms with Gasteiger partial charge in [-0.2, -0.15) is 0 Å². The van der Waals surface area contributed by atoms with Crippen LogP contribution in [0.4, 0.5) is 4.79 Å². The quantitative estimate of drug-likeness (QED) is 0.457. The van der Waals surface area contributed by atoms with Gasteiger partial charge in [0.25, 0.3) is 5.56 Å². The third-order valence-electron chi connectivity index (χ3n) is 9.04. The molecule has 3 aromatic rings. The summed E-state index contributed by atoms with van der Waals surface area (Å²) in [6.07, 6.45) is 3.02. The number of amides is 2. The van der Waals surface area contributed by atoms with E-state index in [1.807, 2.05) is 49.9 Å². The van der Waals surface area contributed by atoms with Crippen molar-refractivity contribution in [2.24, 2.45) is 5.41 Å². The third kappa shape index (κ3) is 5.18. The van der Waals surface area contributed by atoms with E-state index in [-0.39, 0.29) is 36.6 Å². The van der Waals surface area contributed by atoms with Crippen molar-refractivity contribution in [3.63, 3.8) is 0 Å². The van der Waals surface area contributed by atoms with Crippen molar-refractivity contribution in [3.05, 3.63) is 57.7 Å². The molecule has 2 aromatic heterocycles. The average Bonchev–Trinajstić information content (AvgIpc) is 3.61. The number of nitrogens with zero attached hydrogens (tertiary/aromatic N) is 5. The molecule has 1 aliphatic carbocycles. The molecule has 3 fully saturated rings. The van der Waals surface area contributed by atoms with E-state index < -0.39 is 23.3 Å². The topological polar surface area (TPSA) is 130 Å². The summed E-state index contributed by atoms with van der Waals surface area (Å²) >= 11 is 6.60. The summed E-state index contributed by atoms with van der Waals surface area (Å²) in [6.45, 7) is 7.21. The Labute approximate surface area is 248 Å². The molecule has 1 aromatic carbocycles. The maximum absolute atomic E-state index is 13.5. The highest BCUT2D eigenvalue weighted by molar-refractivity contribution is 6.31. The van der Waals surface area contributed by atoms with Crippen LogP contribution in [0, 0.1) is 5.41 Å². The predicted octanol–water partition coefficient (Wildman–Crippen LogP) is 3.82. The summed E-state index contributed by atoms with van der Waals surface area (Å²) < 4.78 is 8.98. The van der Waals surface area contributed by atoms with Crippen LogP contribution in [0.5, 0.6) is 0 Å². The van der Waals surface area contributed by atoms with Crippen LogP contribution in [0.2, 0.25) is 5.15 Å². The first kappa shape index (κ1) is 28.7. The van der Waals surface area contributed by atoms with Crippen LogP contribution in [0.1, 0.15) is 58.1 Å². The zero-order valence-corrected chi connectivity index (χ0v) is 24.8. The summed E-state index contributed by atoms with van der Waals surface area (Å²) in [7, 11) is 0. The second-order valence-electron chi connectivity index (χ2n) is 12.9. The second-order valence-corrected chi connectivity index (χ2v) is 13.3. The van der Waals surface area contributed by atoms with Crippen molar-refractivity contribution >= 4 is 34.6 Å². The molecule has 12 heteroatoms. The molecule has 2 aliphatic heterocycles. The van der Waals surface area contributed by atoms with Gasteiger partial charge in [-0.05, 0) is 63.3 Å². The number of halogens is 1. The van der Waals surface area contributed by atoms with Crippen molar-refractivity contribution in [1.29, 1.82) is 0 Å². The maximum Gasteiger partial charge on any atom is 0.407 e. The minimum Gasteiger partial charge on any atom is -0.465 e. The number of carboxylic acid groups (broad SMARTS) is 1. The van der Waals surface area contributed by atoms with Gasteiger partial charge in [-0.1, -0.05) is 30.7 Å². The SMILES string of the molecule is CC1(C)CN(C(=O)O)[C@H](c2ccc(-n3c(Cl)cc4c(=O)n(CC5(O)CCN(C(=O)C6(C)CC6)CC5)cnc43)cc2)CO1. The van der Waals surface area contributed by atoms with Gasteiger partial charge < -0.3 is 19.8 Å². The van der Waals surface area contributed by atoms with Crippen molar-refractivity contribution < 1.29 is 24.5 Å². The number of likely N-dealkylation sites (tertiary alicyclic amines) is 1. The van der Waals surface area contributed by atoms with Gasteiger partial charge in [0.05, 0.1) is 42.3 Å². The van der Waals surface area contributed by atoms with Gasteiger partial charge in [-0.3, -0.25) is 23.6 Å². The van der Waals surface area contributed by atoms with E-state index in [0.29, 0.717) is 47.8 Å². The van der Waals surface area contributed by atoms with Gasteiger partial charge in [0.15, 0.2) is 5.65 Å². The Hall–Kier alpha value is -3.41. The first-order valence-electron chi connectivity index (χ1n) is 14.3. The van der Waals surface area contributed by atoms with E-state index in [9.17, 15) is 24.6 Å². The van der Waals surface area contributed by atoms with Crippen LogP contribution in [-0.4, -0.2) is 83.6 Å². The number of ether oxygens (including phenoxy) is 1. The largest absolute Gasteiger partial charge is 0.465 e. The first-order valence-corrected chi connectivity index (χ1v) is 14.7. The molecule has 2 N–H and O–H groups in total. The van der Waals surface area contributed by atoms with Crippen LogP contribution < -0.4 is 5.56 Å². The van der Waals surface area contributed by atoms with Crippen LogP contribution in [0.25, 0.3) is 16.7 Å². The Morgan fingerprint density at radius 3 is 2.38 bits per heavy atom. The fourth-order valence-corrected chi connectivity index (χ4v) is 6.40. The molecule has 4 heterocycles. The number of morpholine rings is 1. The van der Waals surface area contributed by atoms with Gasteiger partial charge in [0.1, 0.15) is 11.5 Å². The number of carbonyl (C=O) groups is 2. The van der Waals surface area contributed by atoms with Crippen LogP contribution >= 0.6 is 11.6 Å². The van der Waals surface area contributed by atoms with Crippen LogP contribution in [-0.2, 0) is 16.1 Å². The number of benzene rings is 1. The molecule has 2 saturated heterocycles. The van der Waals surface area contributed by atoms with E-state index in [1.165, 1.54) is 15.8 Å². The summed E-state index contributed by atoms with van der Waals surface area (Å²) in [5.41, 5.74) is -0.401. The molecule has 1 atom stereocenters. The Kier molecular flexibility index (Phi) is 6.90. The average molecular weight is 598 g/mol. The molecule has 2 amide bonds. The van der Waals surface area contributed by atoms with E-state index in [1.54, 1.807) is 10.6 Å². The lowest BCUT2D eigenvalue weighted by molar-refractivity contribution is -0.141. The highest BCUT2D eigenvalue weighted by Crippen LogP contribution is 2.47. The van der Waals surface area contributed by atoms with Crippen LogP contribution in [0.3, 0.4) is 0 Å². The molecule has 224 valence electrons. The fraction of sp³-hybridized carbons (Fsp3) is 0.533. The zero-order valence-electron chi connectivity index (χ0n) is 24.0. The van der Waals surface area contributed by atoms with E-state index in [4.69, 9.17) is 16.3 Å². The summed E-state index contributed by atoms with van der Waals surface area (Å²) in [5.74, 6) is 0.157. The first-order chi connectivity index (χ1) is 19.8. The fourth-order valence-electron chi connectivity index (χ4n) is 6.11. The number of aliphatic hydroxyl groups is 1. The molecule has 1 saturated carbocycles. The molecule has 0 spiro atoms. The molecule has 6 rings (SSSR count). The minimum absolute atomic E-state index is 0.0753. The van der Waals surface area contributed by atoms with Crippen LogP contribution in [0.15, 0.2) is 41.5 Å². The molecular weight excluding hydrogens is 562 g/mol. The van der Waals surface area contributed by atoms with Gasteiger partial charge in [-0.25, -0.2) is 9.78 Å². The Bertz CT molecular complexity index is 1600. The third-order valence-corrected chi connectivity index (χ3v) is 9.32. The highest BCUT2D eigenvalue weighted by Gasteiger charge is 2.48. The molecule has 0 radical (unpaired) electrons. The van der Waals surface area contributed by atoms with Crippen molar-refractivity contribution in [3.8, 4) is 5.69 Å². The normalized spacial score (nSPS) is 22.7. The van der Waals surface area contributed by atoms with E-state index in [0.717, 1.165) is 18.4 Å². The van der Waals surface area contributed by atoms with Crippen molar-refractivity contribution in [1.82, 2.24) is 23.9 Å². The smallest absolute Gasteiger partial charge is 0.407 e. The van der Waals surface area contributed by atoms with Gasteiger partial charge in [0, 0.05) is 24.2 Å². The number of hydrogen-bond acceptors (Lipinski definition) is 6. The number of carbonyl (C=O) groups excluding carboxylic acids is 1. The zero-order chi connectivity index (χ0) is 30.0. The second kappa shape index (κ2) is 10.1. The van der Waals surface area contributed by atoms with Crippen molar-refractivity contribution in [2.45, 2.75) is 70.2 Å². The Balaban J connectivity index is 1.21. The highest BCUT2D eigenvalue weighted by atomic mass is 35.5. The standard InChI is InChI=1S/C30H36ClN5O6/c1-28(2)16-35(27(39)40)22(15-42-28)19-4-6-20(7-5-19)36-23(31)14-21-24(36)32-18-34(25(21)37)17-30(41)10-12-33(13-11-30)26(38)29(3)8-9-29/h4-7,14,18,22,41H,8-13,15-17H2,1-3H3,(H,39,40)/t22-/m0/s1. The number of rotatable bonds is 5. The Morgan fingerprint density at radius 2 is 1.76 bits per heavy atom. The number of piperidine rings is 1. The predicted molar refractivity (Wildman–Crippen MR) is 156 cm³/mol.